The molecule has 0 aliphatic carbocycles. The molecule has 0 aromatic carbocycles. The Hall–Kier alpha value is -0.840. The van der Waals surface area contributed by atoms with Gasteiger partial charge in [-0.3, -0.25) is 9.78 Å². The van der Waals surface area contributed by atoms with Gasteiger partial charge in [0.15, 0.2) is 0 Å². The number of carbonyl (C=O) groups excluding carboxylic acids is 1. The smallest absolute Gasteiger partial charge is 0.272 e. The summed E-state index contributed by atoms with van der Waals surface area (Å²) in [5, 5.41) is 3.30. The van der Waals surface area contributed by atoms with Crippen molar-refractivity contribution in [2.75, 3.05) is 19.6 Å². The van der Waals surface area contributed by atoms with Gasteiger partial charge in [-0.2, -0.15) is 0 Å². The quantitative estimate of drug-likeness (QED) is 0.843. The second-order valence-corrected chi connectivity index (χ2v) is 3.82. The van der Waals surface area contributed by atoms with E-state index < -0.39 is 0 Å². The molecule has 1 amide bonds. The summed E-state index contributed by atoms with van der Waals surface area (Å²) in [5.41, 5.74) is 0.534. The Morgan fingerprint density at radius 1 is 1.47 bits per heavy atom. The predicted molar refractivity (Wildman–Crippen MR) is 72.1 cm³/mol. The van der Waals surface area contributed by atoms with Crippen molar-refractivity contribution in [3.63, 3.8) is 0 Å². The first-order valence-electron chi connectivity index (χ1n) is 5.21. The molecule has 1 N–H and O–H groups in total. The zero-order valence-corrected chi connectivity index (χ0v) is 11.3. The van der Waals surface area contributed by atoms with E-state index in [0.717, 1.165) is 19.6 Å². The highest BCUT2D eigenvalue weighted by Crippen LogP contribution is 2.05. The van der Waals surface area contributed by atoms with E-state index in [2.05, 4.69) is 17.2 Å². The number of rotatable bonds is 1. The Morgan fingerprint density at radius 2 is 2.24 bits per heavy atom. The standard InChI is InChI=1S/C11H15N3O.2ClH/c1-9-8-14(7-6-12-9)11(15)10-4-2-3-5-13-10;;/h2-5,9,12H,6-8H2,1H3;2*1H. The second kappa shape index (κ2) is 7.48. The van der Waals surface area contributed by atoms with Gasteiger partial charge in [-0.1, -0.05) is 6.07 Å². The van der Waals surface area contributed by atoms with E-state index in [0.29, 0.717) is 11.7 Å². The maximum Gasteiger partial charge on any atom is 0.272 e. The predicted octanol–water partition coefficient (Wildman–Crippen LogP) is 1.36. The average Bonchev–Trinajstić information content (AvgIpc) is 2.29. The second-order valence-electron chi connectivity index (χ2n) is 3.82. The summed E-state index contributed by atoms with van der Waals surface area (Å²) in [6.45, 7) is 4.47. The highest BCUT2D eigenvalue weighted by Gasteiger charge is 2.21. The van der Waals surface area contributed by atoms with Crippen LogP contribution in [0, 0.1) is 0 Å². The number of amides is 1. The zero-order chi connectivity index (χ0) is 10.7. The Kier molecular flexibility index (Phi) is 7.11. The number of pyridine rings is 1. The van der Waals surface area contributed by atoms with Gasteiger partial charge in [0.05, 0.1) is 0 Å². The van der Waals surface area contributed by atoms with E-state index in [1.54, 1.807) is 12.3 Å². The van der Waals surface area contributed by atoms with Gasteiger partial charge in [-0.05, 0) is 19.1 Å². The molecule has 0 saturated carbocycles. The van der Waals surface area contributed by atoms with Gasteiger partial charge in [0.25, 0.3) is 5.91 Å². The van der Waals surface area contributed by atoms with E-state index in [-0.39, 0.29) is 30.7 Å². The first-order valence-corrected chi connectivity index (χ1v) is 5.21. The average molecular weight is 278 g/mol. The van der Waals surface area contributed by atoms with Crippen molar-refractivity contribution in [3.05, 3.63) is 30.1 Å². The summed E-state index contributed by atoms with van der Waals surface area (Å²) >= 11 is 0. The van der Waals surface area contributed by atoms with Gasteiger partial charge in [0, 0.05) is 31.9 Å². The third-order valence-corrected chi connectivity index (χ3v) is 2.54. The van der Waals surface area contributed by atoms with E-state index in [1.807, 2.05) is 17.0 Å². The zero-order valence-electron chi connectivity index (χ0n) is 9.63. The van der Waals surface area contributed by atoms with Crippen LogP contribution in [0.4, 0.5) is 0 Å². The normalized spacial score (nSPS) is 18.9. The van der Waals surface area contributed by atoms with Crippen molar-refractivity contribution in [1.82, 2.24) is 15.2 Å². The summed E-state index contributed by atoms with van der Waals surface area (Å²) in [5.74, 6) is 0.0314. The molecule has 0 bridgehead atoms. The molecule has 1 aromatic rings. The van der Waals surface area contributed by atoms with E-state index in [9.17, 15) is 4.79 Å². The Morgan fingerprint density at radius 3 is 2.82 bits per heavy atom. The Balaban J connectivity index is 0.00000128. The number of nitrogens with one attached hydrogen (secondary N) is 1. The summed E-state index contributed by atoms with van der Waals surface area (Å²) in [6.07, 6.45) is 1.65. The number of piperazine rings is 1. The molecule has 1 saturated heterocycles. The topological polar surface area (TPSA) is 45.2 Å². The molecular weight excluding hydrogens is 261 g/mol. The largest absolute Gasteiger partial charge is 0.334 e. The van der Waals surface area contributed by atoms with Crippen molar-refractivity contribution < 1.29 is 4.79 Å². The molecule has 17 heavy (non-hydrogen) atoms. The van der Waals surface area contributed by atoms with Crippen LogP contribution in [0.1, 0.15) is 17.4 Å². The molecular formula is C11H17Cl2N3O. The van der Waals surface area contributed by atoms with Crippen LogP contribution in [-0.2, 0) is 0 Å². The Bertz CT molecular complexity index is 348. The molecule has 1 aliphatic rings. The van der Waals surface area contributed by atoms with Gasteiger partial charge >= 0.3 is 0 Å². The lowest BCUT2D eigenvalue weighted by Crippen LogP contribution is -2.51. The maximum atomic E-state index is 12.0. The highest BCUT2D eigenvalue weighted by molar-refractivity contribution is 5.92. The fourth-order valence-electron chi connectivity index (χ4n) is 1.77. The fraction of sp³-hybridized carbons (Fsp3) is 0.455. The molecule has 0 radical (unpaired) electrons. The molecule has 2 heterocycles. The molecule has 6 heteroatoms. The minimum absolute atomic E-state index is 0. The van der Waals surface area contributed by atoms with E-state index >= 15 is 0 Å². The monoisotopic (exact) mass is 277 g/mol. The van der Waals surface area contributed by atoms with Crippen molar-refractivity contribution in [2.45, 2.75) is 13.0 Å². The molecule has 1 unspecified atom stereocenters. The highest BCUT2D eigenvalue weighted by atomic mass is 35.5. The van der Waals surface area contributed by atoms with Gasteiger partial charge in [0.1, 0.15) is 5.69 Å². The SMILES string of the molecule is CC1CN(C(=O)c2ccccn2)CCN1.Cl.Cl. The van der Waals surface area contributed by atoms with Gasteiger partial charge in [0.2, 0.25) is 0 Å². The van der Waals surface area contributed by atoms with Crippen LogP contribution in [0.2, 0.25) is 0 Å². The molecule has 1 fully saturated rings. The summed E-state index contributed by atoms with van der Waals surface area (Å²) in [6, 6.07) is 5.78. The van der Waals surface area contributed by atoms with E-state index in [1.165, 1.54) is 0 Å². The van der Waals surface area contributed by atoms with Crippen LogP contribution in [0.25, 0.3) is 0 Å². The number of nitrogens with zero attached hydrogens (tertiary/aromatic N) is 2. The van der Waals surface area contributed by atoms with Crippen LogP contribution in [0.15, 0.2) is 24.4 Å². The third-order valence-electron chi connectivity index (χ3n) is 2.54. The minimum Gasteiger partial charge on any atom is -0.334 e. The number of hydrogen-bond donors (Lipinski definition) is 1. The van der Waals surface area contributed by atoms with E-state index in [4.69, 9.17) is 0 Å². The molecule has 2 rings (SSSR count). The number of aromatic nitrogens is 1. The van der Waals surface area contributed by atoms with Gasteiger partial charge in [-0.15, -0.1) is 24.8 Å². The summed E-state index contributed by atoms with van der Waals surface area (Å²) in [4.78, 5) is 17.9. The molecule has 0 spiro atoms. The first-order chi connectivity index (χ1) is 7.27. The third kappa shape index (κ3) is 4.15. The summed E-state index contributed by atoms with van der Waals surface area (Å²) in [7, 11) is 0. The van der Waals surface area contributed by atoms with Gasteiger partial charge in [-0.25, -0.2) is 0 Å². The lowest BCUT2D eigenvalue weighted by molar-refractivity contribution is 0.0703. The minimum atomic E-state index is 0. The lowest BCUT2D eigenvalue weighted by Gasteiger charge is -2.31. The van der Waals surface area contributed by atoms with Crippen molar-refractivity contribution >= 4 is 30.7 Å². The molecule has 1 atom stereocenters. The van der Waals surface area contributed by atoms with Crippen molar-refractivity contribution in [2.24, 2.45) is 0 Å². The van der Waals surface area contributed by atoms with Crippen molar-refractivity contribution in [1.29, 1.82) is 0 Å². The number of carbonyl (C=O) groups is 1. The molecule has 4 nitrogen and oxygen atoms in total. The van der Waals surface area contributed by atoms with Crippen LogP contribution in [0.3, 0.4) is 0 Å². The number of hydrogen-bond acceptors (Lipinski definition) is 3. The Labute approximate surface area is 114 Å². The summed E-state index contributed by atoms with van der Waals surface area (Å²) < 4.78 is 0. The maximum absolute atomic E-state index is 12.0. The van der Waals surface area contributed by atoms with Crippen LogP contribution in [-0.4, -0.2) is 41.5 Å². The lowest BCUT2D eigenvalue weighted by atomic mass is 10.2. The van der Waals surface area contributed by atoms with Crippen LogP contribution < -0.4 is 5.32 Å². The van der Waals surface area contributed by atoms with Crippen LogP contribution in [0.5, 0.6) is 0 Å². The molecule has 1 aliphatic heterocycles. The van der Waals surface area contributed by atoms with Crippen molar-refractivity contribution in [3.8, 4) is 0 Å². The number of halogens is 2. The fourth-order valence-corrected chi connectivity index (χ4v) is 1.77. The molecule has 96 valence electrons. The van der Waals surface area contributed by atoms with Gasteiger partial charge < -0.3 is 10.2 Å². The molecule has 1 aromatic heterocycles. The van der Waals surface area contributed by atoms with Crippen LogP contribution >= 0.6 is 24.8 Å². The first kappa shape index (κ1) is 16.2.